The molecule has 1 saturated heterocycles. The molecule has 2 fully saturated rings. The highest BCUT2D eigenvalue weighted by atomic mass is 35.5. The molecule has 3 aliphatic rings. The van der Waals surface area contributed by atoms with Gasteiger partial charge < -0.3 is 15.0 Å². The van der Waals surface area contributed by atoms with E-state index in [1.165, 1.54) is 0 Å². The van der Waals surface area contributed by atoms with Crippen LogP contribution in [0.15, 0.2) is 30.3 Å². The van der Waals surface area contributed by atoms with Crippen LogP contribution in [0.3, 0.4) is 0 Å². The van der Waals surface area contributed by atoms with Crippen molar-refractivity contribution in [3.05, 3.63) is 57.9 Å². The summed E-state index contributed by atoms with van der Waals surface area (Å²) >= 11 is 6.25. The van der Waals surface area contributed by atoms with Gasteiger partial charge in [0.25, 0.3) is 5.91 Å². The van der Waals surface area contributed by atoms with Crippen LogP contribution < -0.4 is 15.4 Å². The summed E-state index contributed by atoms with van der Waals surface area (Å²) in [6.45, 7) is 15.3. The molecule has 2 aromatic rings. The van der Waals surface area contributed by atoms with E-state index in [2.05, 4.69) is 70.1 Å². The van der Waals surface area contributed by atoms with Gasteiger partial charge in [-0.2, -0.15) is 5.26 Å². The Hall–Kier alpha value is -3.10. The largest absolute Gasteiger partial charge is 0.489 e. The molecule has 2 aliphatic heterocycles. The van der Waals surface area contributed by atoms with E-state index in [1.54, 1.807) is 18.2 Å². The van der Waals surface area contributed by atoms with E-state index in [9.17, 15) is 10.1 Å². The molecule has 210 valence electrons. The van der Waals surface area contributed by atoms with Crippen molar-refractivity contribution in [3.8, 4) is 23.7 Å². The molecule has 7 nitrogen and oxygen atoms in total. The third-order valence-electron chi connectivity index (χ3n) is 8.58. The first-order valence-corrected chi connectivity index (χ1v) is 14.4. The molecule has 1 aromatic heterocycles. The summed E-state index contributed by atoms with van der Waals surface area (Å²) < 4.78 is 6.43. The third kappa shape index (κ3) is 5.19. The van der Waals surface area contributed by atoms with E-state index in [4.69, 9.17) is 21.3 Å². The van der Waals surface area contributed by atoms with Crippen molar-refractivity contribution in [1.82, 2.24) is 20.5 Å². The first-order chi connectivity index (χ1) is 18.8. The van der Waals surface area contributed by atoms with Crippen molar-refractivity contribution in [2.45, 2.75) is 84.7 Å². The Labute approximate surface area is 242 Å². The smallest absolute Gasteiger partial charge is 0.256 e. The van der Waals surface area contributed by atoms with E-state index < -0.39 is 0 Å². The van der Waals surface area contributed by atoms with Crippen LogP contribution in [0.1, 0.15) is 81.7 Å². The van der Waals surface area contributed by atoms with Gasteiger partial charge in [0, 0.05) is 29.0 Å². The Bertz CT molecular complexity index is 1410. The van der Waals surface area contributed by atoms with Gasteiger partial charge in [0.15, 0.2) is 0 Å². The Morgan fingerprint density at radius 2 is 1.85 bits per heavy atom. The molecule has 40 heavy (non-hydrogen) atoms. The Balaban J connectivity index is 1.30. The Kier molecular flexibility index (Phi) is 7.38. The SMILES string of the molecule is CC(C)(C#Cc1ccc2c(n1)CN([C@H]1C(C)(C)[C@H](Oc3ccc(C#N)c(Cl)c3)C1(C)C)C2=O)NC1CCNCC1. The minimum absolute atomic E-state index is 0.000862. The standard InChI is InChI=1S/C32H38ClN5O2/c1-30(2,37-22-12-15-35-16-13-22)14-11-21-8-10-24-26(36-21)19-38(27(24)39)28-31(3,4)29(32(28,5)6)40-23-9-7-20(18-34)25(33)17-23/h7-10,17,22,28-29,35,37H,12-13,15-16,19H2,1-6H3/t28-,29-. The third-order valence-corrected chi connectivity index (χ3v) is 8.89. The number of carbonyl (C=O) groups excluding carboxylic acids is 1. The number of amides is 1. The predicted molar refractivity (Wildman–Crippen MR) is 156 cm³/mol. The molecule has 1 amide bonds. The van der Waals surface area contributed by atoms with Crippen molar-refractivity contribution >= 4 is 17.5 Å². The first kappa shape index (κ1) is 28.4. The van der Waals surface area contributed by atoms with E-state index in [0.29, 0.717) is 40.2 Å². The lowest BCUT2D eigenvalue weighted by molar-refractivity contribution is -0.199. The fourth-order valence-electron chi connectivity index (χ4n) is 7.23. The number of carbonyl (C=O) groups is 1. The van der Waals surface area contributed by atoms with Gasteiger partial charge in [-0.15, -0.1) is 0 Å². The number of piperidine rings is 1. The van der Waals surface area contributed by atoms with Gasteiger partial charge in [0.1, 0.15) is 23.6 Å². The molecule has 1 saturated carbocycles. The number of halogens is 1. The lowest BCUT2D eigenvalue weighted by atomic mass is 9.49. The average Bonchev–Trinajstić information content (AvgIpc) is 3.20. The number of nitriles is 1. The topological polar surface area (TPSA) is 90.3 Å². The van der Waals surface area contributed by atoms with Crippen molar-refractivity contribution in [1.29, 1.82) is 5.26 Å². The fraction of sp³-hybridized carbons (Fsp3) is 0.531. The number of benzene rings is 1. The number of nitrogens with one attached hydrogen (secondary N) is 2. The Morgan fingerprint density at radius 3 is 2.50 bits per heavy atom. The van der Waals surface area contributed by atoms with Crippen molar-refractivity contribution in [3.63, 3.8) is 0 Å². The van der Waals surface area contributed by atoms with E-state index >= 15 is 0 Å². The maximum absolute atomic E-state index is 13.6. The summed E-state index contributed by atoms with van der Waals surface area (Å²) in [4.78, 5) is 20.3. The summed E-state index contributed by atoms with van der Waals surface area (Å²) in [5, 5.41) is 16.6. The number of hydrogen-bond donors (Lipinski definition) is 2. The zero-order valence-electron chi connectivity index (χ0n) is 24.2. The summed E-state index contributed by atoms with van der Waals surface area (Å²) in [6, 6.07) is 11.3. The molecule has 0 unspecified atom stereocenters. The van der Waals surface area contributed by atoms with Crippen LogP contribution in [0.25, 0.3) is 0 Å². The van der Waals surface area contributed by atoms with Gasteiger partial charge >= 0.3 is 0 Å². The van der Waals surface area contributed by atoms with Crippen molar-refractivity contribution in [2.24, 2.45) is 10.8 Å². The number of aromatic nitrogens is 1. The molecule has 5 rings (SSSR count). The van der Waals surface area contributed by atoms with E-state index in [-0.39, 0.29) is 34.4 Å². The molecule has 8 heteroatoms. The summed E-state index contributed by atoms with van der Waals surface area (Å²) in [5.41, 5.74) is 1.53. The van der Waals surface area contributed by atoms with Gasteiger partial charge in [-0.3, -0.25) is 10.1 Å². The van der Waals surface area contributed by atoms with Crippen molar-refractivity contribution in [2.75, 3.05) is 13.1 Å². The van der Waals surface area contributed by atoms with Gasteiger partial charge in [-0.25, -0.2) is 4.98 Å². The van der Waals surface area contributed by atoms with Gasteiger partial charge in [0.2, 0.25) is 0 Å². The van der Waals surface area contributed by atoms with Gasteiger partial charge in [-0.1, -0.05) is 45.2 Å². The molecule has 0 bridgehead atoms. The Morgan fingerprint density at radius 1 is 1.15 bits per heavy atom. The maximum atomic E-state index is 13.6. The van der Waals surface area contributed by atoms with Crippen LogP contribution in [0.2, 0.25) is 5.02 Å². The van der Waals surface area contributed by atoms with Crippen molar-refractivity contribution < 1.29 is 9.53 Å². The molecule has 1 aromatic carbocycles. The molecule has 1 aliphatic carbocycles. The molecule has 0 spiro atoms. The second-order valence-corrected chi connectivity index (χ2v) is 13.4. The number of rotatable bonds is 5. The van der Waals surface area contributed by atoms with E-state index in [0.717, 1.165) is 31.6 Å². The maximum Gasteiger partial charge on any atom is 0.256 e. The molecule has 0 atom stereocenters. The van der Waals surface area contributed by atoms with Crippen LogP contribution in [-0.4, -0.2) is 52.6 Å². The lowest BCUT2D eigenvalue weighted by Gasteiger charge is -2.65. The quantitative estimate of drug-likeness (QED) is 0.506. The normalized spacial score (nSPS) is 23.4. The number of pyridine rings is 1. The first-order valence-electron chi connectivity index (χ1n) is 14.0. The number of ether oxygens (including phenoxy) is 1. The van der Waals surface area contributed by atoms with Crippen LogP contribution in [-0.2, 0) is 6.54 Å². The fourth-order valence-corrected chi connectivity index (χ4v) is 7.44. The lowest BCUT2D eigenvalue weighted by Crippen LogP contribution is -2.74. The zero-order valence-corrected chi connectivity index (χ0v) is 24.9. The second kappa shape index (κ2) is 10.4. The summed E-state index contributed by atoms with van der Waals surface area (Å²) in [7, 11) is 0. The van der Waals surface area contributed by atoms with Crippen LogP contribution in [0, 0.1) is 34.0 Å². The van der Waals surface area contributed by atoms with Gasteiger partial charge in [-0.05, 0) is 70.0 Å². The van der Waals surface area contributed by atoms with Gasteiger partial charge in [0.05, 0.1) is 33.9 Å². The molecular weight excluding hydrogens is 522 g/mol. The summed E-state index contributed by atoms with van der Waals surface area (Å²) in [5.74, 6) is 7.23. The predicted octanol–water partition coefficient (Wildman–Crippen LogP) is 4.92. The monoisotopic (exact) mass is 559 g/mol. The highest BCUT2D eigenvalue weighted by molar-refractivity contribution is 6.31. The minimum Gasteiger partial charge on any atom is -0.489 e. The highest BCUT2D eigenvalue weighted by Gasteiger charge is 2.67. The van der Waals surface area contributed by atoms with E-state index in [1.807, 2.05) is 17.0 Å². The minimum atomic E-state index is -0.335. The molecule has 0 radical (unpaired) electrons. The number of hydrogen-bond acceptors (Lipinski definition) is 6. The number of nitrogens with zero attached hydrogens (tertiary/aromatic N) is 3. The molecular formula is C32H38ClN5O2. The van der Waals surface area contributed by atoms with Crippen LogP contribution in [0.4, 0.5) is 0 Å². The zero-order chi connectivity index (χ0) is 28.9. The molecule has 3 heterocycles. The number of fused-ring (bicyclic) bond motifs is 1. The molecule has 2 N–H and O–H groups in total. The second-order valence-electron chi connectivity index (χ2n) is 13.0. The average molecular weight is 560 g/mol. The summed E-state index contributed by atoms with van der Waals surface area (Å²) in [6.07, 6.45) is 2.04. The highest BCUT2D eigenvalue weighted by Crippen LogP contribution is 2.59. The van der Waals surface area contributed by atoms with Crippen LogP contribution in [0.5, 0.6) is 5.75 Å². The van der Waals surface area contributed by atoms with Crippen LogP contribution >= 0.6 is 11.6 Å².